The first-order valence-electron chi connectivity index (χ1n) is 16.2. The number of methoxy groups -OCH3 is 1. The van der Waals surface area contributed by atoms with Crippen molar-refractivity contribution in [2.75, 3.05) is 46.6 Å². The first kappa shape index (κ1) is 38.6. The minimum atomic E-state index is -1.44. The normalized spacial score (nSPS) is 15.2. The van der Waals surface area contributed by atoms with E-state index in [0.717, 1.165) is 43.5 Å². The molecule has 0 unspecified atom stereocenters. The maximum atomic E-state index is 14.2. The van der Waals surface area contributed by atoms with Crippen molar-refractivity contribution in [2.24, 2.45) is 0 Å². The Morgan fingerprint density at radius 2 is 1.82 bits per heavy atom. The van der Waals surface area contributed by atoms with Crippen molar-refractivity contribution in [3.8, 4) is 10.8 Å². The Kier molecular flexibility index (Phi) is 13.5. The fourth-order valence-electron chi connectivity index (χ4n) is 6.12. The van der Waals surface area contributed by atoms with Crippen LogP contribution in [0.5, 0.6) is 5.75 Å². The smallest absolute Gasteiger partial charge is 0.333 e. The fraction of sp³-hybridized carbons (Fsp3) is 0.545. The molecule has 0 radical (unpaired) electrons. The minimum absolute atomic E-state index is 0. The van der Waals surface area contributed by atoms with Gasteiger partial charge in [-0.2, -0.15) is 10.2 Å². The quantitative estimate of drug-likeness (QED) is 0.238. The number of aliphatic hydroxyl groups excluding tert-OH is 1. The van der Waals surface area contributed by atoms with Gasteiger partial charge in [-0.05, 0) is 76.6 Å². The van der Waals surface area contributed by atoms with E-state index in [4.69, 9.17) is 14.2 Å². The monoisotopic (exact) mass is 814 g/mol. The van der Waals surface area contributed by atoms with Gasteiger partial charge in [0.1, 0.15) is 33.5 Å². The molecular weight excluding hydrogens is 770 g/mol. The molecule has 0 atom stereocenters. The van der Waals surface area contributed by atoms with Gasteiger partial charge in [0.2, 0.25) is 5.91 Å². The number of aliphatic hydroxyl groups is 1. The van der Waals surface area contributed by atoms with Crippen molar-refractivity contribution in [3.05, 3.63) is 68.4 Å². The zero-order chi connectivity index (χ0) is 34.4. The summed E-state index contributed by atoms with van der Waals surface area (Å²) in [7, 11) is 1.76. The summed E-state index contributed by atoms with van der Waals surface area (Å²) in [6.45, 7) is 7.76. The van der Waals surface area contributed by atoms with Gasteiger partial charge in [0, 0.05) is 45.5 Å². The maximum absolute atomic E-state index is 14.2. The van der Waals surface area contributed by atoms with Crippen LogP contribution in [-0.2, 0) is 32.8 Å². The Morgan fingerprint density at radius 3 is 2.43 bits per heavy atom. The Labute approximate surface area is 304 Å². The number of hydrogen-bond acceptors (Lipinski definition) is 10. The van der Waals surface area contributed by atoms with Crippen molar-refractivity contribution in [1.82, 2.24) is 29.0 Å². The van der Waals surface area contributed by atoms with Gasteiger partial charge >= 0.3 is 5.69 Å². The van der Waals surface area contributed by atoms with Crippen molar-refractivity contribution in [1.29, 1.82) is 0 Å². The average molecular weight is 815 g/mol. The van der Waals surface area contributed by atoms with Crippen LogP contribution in [0.4, 0.5) is 4.39 Å². The second kappa shape index (κ2) is 17.2. The Bertz CT molecular complexity index is 1830. The topological polar surface area (TPSA) is 143 Å². The molecule has 1 aromatic carbocycles. The number of thiophene rings is 1. The summed E-state index contributed by atoms with van der Waals surface area (Å²) in [6, 6.07) is 4.07. The van der Waals surface area contributed by atoms with Gasteiger partial charge in [0.25, 0.3) is 5.56 Å². The van der Waals surface area contributed by atoms with Crippen LogP contribution in [0.3, 0.4) is 0 Å². The molecule has 4 aromatic rings. The van der Waals surface area contributed by atoms with Crippen molar-refractivity contribution < 1.29 is 28.5 Å². The predicted molar refractivity (Wildman–Crippen MR) is 194 cm³/mol. The lowest BCUT2D eigenvalue weighted by molar-refractivity contribution is -0.138. The molecule has 0 bridgehead atoms. The number of aryl methyl sites for hydroxylation is 3. The molecule has 49 heavy (non-hydrogen) atoms. The van der Waals surface area contributed by atoms with Crippen LogP contribution < -0.4 is 16.0 Å². The molecule has 16 heteroatoms. The number of benzene rings is 1. The number of aromatic nitrogens is 5. The SMILES string of the molecule is COC1CCOCC1.Cc1c(-n2nccn2)sc2c1c(=O)n(C(C)(C)C(=O)N1CCCC1)c(=O)n2CCc1cc(F)ccc1OCCO.I. The van der Waals surface area contributed by atoms with E-state index in [1.165, 1.54) is 51.3 Å². The molecule has 1 amide bonds. The largest absolute Gasteiger partial charge is 0.491 e. The maximum Gasteiger partial charge on any atom is 0.333 e. The molecule has 268 valence electrons. The van der Waals surface area contributed by atoms with Crippen LogP contribution in [0.15, 0.2) is 40.2 Å². The molecule has 5 heterocycles. The summed E-state index contributed by atoms with van der Waals surface area (Å²) in [5, 5.41) is 18.5. The Hall–Kier alpha value is -3.19. The Morgan fingerprint density at radius 1 is 1.14 bits per heavy atom. The van der Waals surface area contributed by atoms with Crippen molar-refractivity contribution in [3.63, 3.8) is 0 Å². The second-order valence-corrected chi connectivity index (χ2v) is 13.3. The average Bonchev–Trinajstić information content (AvgIpc) is 3.87. The van der Waals surface area contributed by atoms with E-state index < -0.39 is 22.6 Å². The van der Waals surface area contributed by atoms with Gasteiger partial charge < -0.3 is 24.2 Å². The molecular formula is C33H44FIN6O7S. The highest BCUT2D eigenvalue weighted by atomic mass is 127. The highest BCUT2D eigenvalue weighted by Gasteiger charge is 2.39. The van der Waals surface area contributed by atoms with Crippen molar-refractivity contribution in [2.45, 2.75) is 71.1 Å². The van der Waals surface area contributed by atoms with Gasteiger partial charge in [0.15, 0.2) is 0 Å². The highest BCUT2D eigenvalue weighted by Crippen LogP contribution is 2.32. The fourth-order valence-corrected chi connectivity index (χ4v) is 7.36. The standard InChI is InChI=1S/C27H31FN6O5S.C6H12O2.HI/c1-17-21-22(36)33(27(2,3)25(37)31-11-4-5-12-31)26(38)32(24(21)40-23(17)34-29-9-10-30-34)13-8-18-16-19(28)6-7-20(18)39-15-14-35;1-7-6-2-4-8-5-3-6;/h6-7,9-10,16,35H,4-5,8,11-15H2,1-3H3;6H,2-5H2,1H3;1H. The summed E-state index contributed by atoms with van der Waals surface area (Å²) >= 11 is 1.20. The van der Waals surface area contributed by atoms with Gasteiger partial charge in [-0.25, -0.2) is 13.8 Å². The number of ether oxygens (including phenoxy) is 3. The third-order valence-electron chi connectivity index (χ3n) is 8.74. The number of nitrogens with zero attached hydrogens (tertiary/aromatic N) is 6. The molecule has 0 spiro atoms. The number of fused-ring (bicyclic) bond motifs is 1. The lowest BCUT2D eigenvalue weighted by Gasteiger charge is -2.31. The molecule has 13 nitrogen and oxygen atoms in total. The minimum Gasteiger partial charge on any atom is -0.491 e. The molecule has 0 aliphatic carbocycles. The van der Waals surface area contributed by atoms with Crippen LogP contribution in [0, 0.1) is 12.7 Å². The molecule has 2 saturated heterocycles. The summed E-state index contributed by atoms with van der Waals surface area (Å²) in [4.78, 5) is 45.2. The summed E-state index contributed by atoms with van der Waals surface area (Å²) in [5.74, 6) is -0.367. The third-order valence-corrected chi connectivity index (χ3v) is 10.0. The van der Waals surface area contributed by atoms with Crippen LogP contribution in [0.2, 0.25) is 0 Å². The highest BCUT2D eigenvalue weighted by molar-refractivity contribution is 14.0. The second-order valence-electron chi connectivity index (χ2n) is 12.3. The van der Waals surface area contributed by atoms with E-state index in [0.29, 0.717) is 51.3 Å². The first-order chi connectivity index (χ1) is 23.1. The number of carbonyl (C=O) groups is 1. The zero-order valence-corrected chi connectivity index (χ0v) is 31.4. The number of carbonyl (C=O) groups excluding carboxylic acids is 1. The predicted octanol–water partition coefficient (Wildman–Crippen LogP) is 3.65. The van der Waals surface area contributed by atoms with E-state index in [2.05, 4.69) is 10.2 Å². The molecule has 3 aromatic heterocycles. The van der Waals surface area contributed by atoms with Gasteiger partial charge in [-0.1, -0.05) is 11.3 Å². The summed E-state index contributed by atoms with van der Waals surface area (Å²) < 4.78 is 32.5. The van der Waals surface area contributed by atoms with E-state index >= 15 is 0 Å². The summed E-state index contributed by atoms with van der Waals surface area (Å²) in [6.07, 6.45) is 7.57. The molecule has 2 aliphatic rings. The van der Waals surface area contributed by atoms with Crippen LogP contribution in [0.1, 0.15) is 50.7 Å². The third kappa shape index (κ3) is 8.41. The Balaban J connectivity index is 0.000000529. The van der Waals surface area contributed by atoms with Gasteiger partial charge in [-0.3, -0.25) is 14.2 Å². The summed E-state index contributed by atoms with van der Waals surface area (Å²) in [5.41, 5.74) is -1.54. The van der Waals surface area contributed by atoms with Crippen LogP contribution >= 0.6 is 35.3 Å². The molecule has 1 N–H and O–H groups in total. The lowest BCUT2D eigenvalue weighted by Crippen LogP contribution is -2.56. The van der Waals surface area contributed by atoms with E-state index in [1.807, 2.05) is 0 Å². The molecule has 6 rings (SSSR count). The lowest BCUT2D eigenvalue weighted by atomic mass is 10.0. The van der Waals surface area contributed by atoms with Gasteiger partial charge in [-0.15, -0.1) is 28.8 Å². The zero-order valence-electron chi connectivity index (χ0n) is 28.2. The van der Waals surface area contributed by atoms with Crippen LogP contribution in [0.25, 0.3) is 15.2 Å². The number of halogens is 2. The first-order valence-corrected chi connectivity index (χ1v) is 17.0. The van der Waals surface area contributed by atoms with Crippen LogP contribution in [-0.4, -0.2) is 92.8 Å². The number of hydrogen-bond donors (Lipinski definition) is 1. The van der Waals surface area contributed by atoms with Crippen molar-refractivity contribution >= 4 is 51.4 Å². The number of rotatable bonds is 10. The van der Waals surface area contributed by atoms with E-state index in [-0.39, 0.29) is 56.1 Å². The molecule has 2 aliphatic heterocycles. The van der Waals surface area contributed by atoms with Gasteiger partial charge in [0.05, 0.1) is 30.5 Å². The number of likely N-dealkylation sites (tertiary alicyclic amines) is 1. The van der Waals surface area contributed by atoms with E-state index in [9.17, 15) is 23.9 Å². The molecule has 2 fully saturated rings. The molecule has 0 saturated carbocycles. The number of amides is 1. The van der Waals surface area contributed by atoms with E-state index in [1.54, 1.807) is 32.8 Å².